The number of benzene rings is 1. The van der Waals surface area contributed by atoms with E-state index in [1.807, 2.05) is 19.1 Å². The average Bonchev–Trinajstić information content (AvgIpc) is 3.19. The number of rotatable bonds is 6. The first-order valence-electron chi connectivity index (χ1n) is 8.65. The highest BCUT2D eigenvalue weighted by atomic mass is 32.2. The predicted molar refractivity (Wildman–Crippen MR) is 99.6 cm³/mol. The van der Waals surface area contributed by atoms with Crippen molar-refractivity contribution in [3.63, 3.8) is 0 Å². The third-order valence-corrected chi connectivity index (χ3v) is 6.14. The molecule has 1 aromatic heterocycles. The van der Waals surface area contributed by atoms with Crippen molar-refractivity contribution < 1.29 is 22.7 Å². The number of carbonyl (C=O) groups excluding carboxylic acids is 1. The minimum Gasteiger partial charge on any atom is -0.486 e. The fourth-order valence-corrected chi connectivity index (χ4v) is 3.80. The van der Waals surface area contributed by atoms with Crippen LogP contribution < -0.4 is 14.8 Å². The SMILES string of the molecule is CCC(NC(=O)c1cc(S(=O)(=O)N(C)C)cc2c1OCCO2)c1ccc[nH]1. The van der Waals surface area contributed by atoms with Crippen molar-refractivity contribution in [3.8, 4) is 11.5 Å². The van der Waals surface area contributed by atoms with Crippen LogP contribution in [0.1, 0.15) is 35.4 Å². The van der Waals surface area contributed by atoms with E-state index in [4.69, 9.17) is 9.47 Å². The van der Waals surface area contributed by atoms with Crippen LogP contribution in [0.15, 0.2) is 35.4 Å². The second-order valence-electron chi connectivity index (χ2n) is 6.34. The summed E-state index contributed by atoms with van der Waals surface area (Å²) < 4.78 is 37.3. The summed E-state index contributed by atoms with van der Waals surface area (Å²) in [5.41, 5.74) is 1.01. The Balaban J connectivity index is 2.01. The van der Waals surface area contributed by atoms with Gasteiger partial charge in [-0.05, 0) is 24.6 Å². The lowest BCUT2D eigenvalue weighted by Gasteiger charge is -2.24. The van der Waals surface area contributed by atoms with Gasteiger partial charge in [-0.1, -0.05) is 6.92 Å². The van der Waals surface area contributed by atoms with Crippen LogP contribution in [-0.2, 0) is 10.0 Å². The monoisotopic (exact) mass is 393 g/mol. The van der Waals surface area contributed by atoms with Crippen LogP contribution in [0.4, 0.5) is 0 Å². The number of H-pyrrole nitrogens is 1. The van der Waals surface area contributed by atoms with Gasteiger partial charge in [-0.15, -0.1) is 0 Å². The molecule has 0 aliphatic carbocycles. The maximum Gasteiger partial charge on any atom is 0.255 e. The van der Waals surface area contributed by atoms with Crippen LogP contribution >= 0.6 is 0 Å². The van der Waals surface area contributed by atoms with Gasteiger partial charge in [0.15, 0.2) is 11.5 Å². The Morgan fingerprint density at radius 1 is 1.30 bits per heavy atom. The van der Waals surface area contributed by atoms with E-state index in [0.29, 0.717) is 19.6 Å². The van der Waals surface area contributed by atoms with Gasteiger partial charge in [0.1, 0.15) is 13.2 Å². The van der Waals surface area contributed by atoms with Gasteiger partial charge in [-0.2, -0.15) is 0 Å². The Kier molecular flexibility index (Phi) is 5.43. The summed E-state index contributed by atoms with van der Waals surface area (Å²) in [5, 5.41) is 2.93. The molecule has 2 heterocycles. The molecule has 0 radical (unpaired) electrons. The lowest BCUT2D eigenvalue weighted by Crippen LogP contribution is -2.30. The van der Waals surface area contributed by atoms with Crippen LogP contribution in [0.25, 0.3) is 0 Å². The normalized spacial score (nSPS) is 14.8. The average molecular weight is 393 g/mol. The molecule has 9 heteroatoms. The van der Waals surface area contributed by atoms with Crippen LogP contribution in [0.3, 0.4) is 0 Å². The molecule has 3 rings (SSSR count). The number of aromatic amines is 1. The number of hydrogen-bond acceptors (Lipinski definition) is 5. The molecule has 1 aromatic carbocycles. The molecule has 0 saturated carbocycles. The molecule has 0 saturated heterocycles. The minimum atomic E-state index is -3.73. The first kappa shape index (κ1) is 19.2. The van der Waals surface area contributed by atoms with E-state index < -0.39 is 15.9 Å². The van der Waals surface area contributed by atoms with Gasteiger partial charge in [-0.3, -0.25) is 4.79 Å². The molecule has 0 spiro atoms. The Morgan fingerprint density at radius 2 is 2.04 bits per heavy atom. The molecule has 1 aliphatic rings. The Bertz CT molecular complexity index is 923. The van der Waals surface area contributed by atoms with Crippen molar-refractivity contribution in [2.75, 3.05) is 27.3 Å². The summed E-state index contributed by atoms with van der Waals surface area (Å²) in [6.45, 7) is 2.54. The largest absolute Gasteiger partial charge is 0.486 e. The molecule has 1 amide bonds. The van der Waals surface area contributed by atoms with Gasteiger partial charge >= 0.3 is 0 Å². The lowest BCUT2D eigenvalue weighted by atomic mass is 10.1. The quantitative estimate of drug-likeness (QED) is 0.781. The topological polar surface area (TPSA) is 101 Å². The van der Waals surface area contributed by atoms with Crippen LogP contribution in [0, 0.1) is 0 Å². The van der Waals surface area contributed by atoms with E-state index >= 15 is 0 Å². The molecule has 1 atom stereocenters. The first-order chi connectivity index (χ1) is 12.8. The van der Waals surface area contributed by atoms with Crippen LogP contribution in [-0.4, -0.2) is 50.9 Å². The maximum atomic E-state index is 13.0. The summed E-state index contributed by atoms with van der Waals surface area (Å²) in [5.74, 6) is 0.0917. The van der Waals surface area contributed by atoms with Crippen molar-refractivity contribution in [1.82, 2.24) is 14.6 Å². The molecule has 2 N–H and O–H groups in total. The van der Waals surface area contributed by atoms with E-state index in [9.17, 15) is 13.2 Å². The Morgan fingerprint density at radius 3 is 2.67 bits per heavy atom. The van der Waals surface area contributed by atoms with Gasteiger partial charge in [-0.25, -0.2) is 12.7 Å². The zero-order chi connectivity index (χ0) is 19.6. The van der Waals surface area contributed by atoms with E-state index in [1.165, 1.54) is 26.2 Å². The number of amides is 1. The van der Waals surface area contributed by atoms with E-state index in [1.54, 1.807) is 6.20 Å². The van der Waals surface area contributed by atoms with E-state index in [0.717, 1.165) is 10.00 Å². The van der Waals surface area contributed by atoms with Gasteiger partial charge in [0.2, 0.25) is 10.0 Å². The van der Waals surface area contributed by atoms with Crippen molar-refractivity contribution >= 4 is 15.9 Å². The number of sulfonamides is 1. The molecule has 0 bridgehead atoms. The lowest BCUT2D eigenvalue weighted by molar-refractivity contribution is 0.0923. The number of nitrogens with one attached hydrogen (secondary N) is 2. The minimum absolute atomic E-state index is 0.0187. The molecule has 1 unspecified atom stereocenters. The van der Waals surface area contributed by atoms with Gasteiger partial charge in [0, 0.05) is 32.1 Å². The highest BCUT2D eigenvalue weighted by Crippen LogP contribution is 2.37. The number of aromatic nitrogens is 1. The number of hydrogen-bond donors (Lipinski definition) is 2. The third-order valence-electron chi connectivity index (χ3n) is 4.35. The molecule has 0 fully saturated rings. The third kappa shape index (κ3) is 3.79. The van der Waals surface area contributed by atoms with Crippen LogP contribution in [0.2, 0.25) is 0 Å². The van der Waals surface area contributed by atoms with Gasteiger partial charge in [0.05, 0.1) is 16.5 Å². The molecule has 27 heavy (non-hydrogen) atoms. The van der Waals surface area contributed by atoms with Crippen molar-refractivity contribution in [2.45, 2.75) is 24.3 Å². The van der Waals surface area contributed by atoms with E-state index in [2.05, 4.69) is 10.3 Å². The smallest absolute Gasteiger partial charge is 0.255 e. The van der Waals surface area contributed by atoms with Crippen molar-refractivity contribution in [2.24, 2.45) is 0 Å². The summed E-state index contributed by atoms with van der Waals surface area (Å²) in [4.78, 5) is 16.0. The van der Waals surface area contributed by atoms with Crippen molar-refractivity contribution in [3.05, 3.63) is 41.7 Å². The molecule has 8 nitrogen and oxygen atoms in total. The number of fused-ring (bicyclic) bond motifs is 1. The van der Waals surface area contributed by atoms with Gasteiger partial charge < -0.3 is 19.8 Å². The molecule has 2 aromatic rings. The molecular weight excluding hydrogens is 370 g/mol. The summed E-state index contributed by atoms with van der Waals surface area (Å²) in [6, 6.07) is 6.23. The number of nitrogens with zero attached hydrogens (tertiary/aromatic N) is 1. The summed E-state index contributed by atoms with van der Waals surface area (Å²) in [7, 11) is -0.863. The fraction of sp³-hybridized carbons (Fsp3) is 0.389. The molecule has 1 aliphatic heterocycles. The van der Waals surface area contributed by atoms with E-state index in [-0.39, 0.29) is 28.0 Å². The summed E-state index contributed by atoms with van der Waals surface area (Å²) >= 11 is 0. The number of carbonyl (C=O) groups is 1. The maximum absolute atomic E-state index is 13.0. The summed E-state index contributed by atoms with van der Waals surface area (Å²) in [6.07, 6.45) is 2.45. The molecule has 146 valence electrons. The standard InChI is InChI=1S/C18H23N3O5S/c1-4-14(15-6-5-7-19-15)20-18(22)13-10-12(27(23,24)21(2)3)11-16-17(13)26-9-8-25-16/h5-7,10-11,14,19H,4,8-9H2,1-3H3,(H,20,22). The predicted octanol–water partition coefficient (Wildman–Crippen LogP) is 1.92. The Labute approximate surface area is 158 Å². The second kappa shape index (κ2) is 7.61. The Hall–Kier alpha value is -2.52. The number of ether oxygens (including phenoxy) is 2. The first-order valence-corrected chi connectivity index (χ1v) is 10.1. The molecular formula is C18H23N3O5S. The zero-order valence-corrected chi connectivity index (χ0v) is 16.3. The van der Waals surface area contributed by atoms with Crippen molar-refractivity contribution in [1.29, 1.82) is 0 Å². The van der Waals surface area contributed by atoms with Crippen LogP contribution in [0.5, 0.6) is 11.5 Å². The highest BCUT2D eigenvalue weighted by Gasteiger charge is 2.28. The fourth-order valence-electron chi connectivity index (χ4n) is 2.85. The second-order valence-corrected chi connectivity index (χ2v) is 8.49. The highest BCUT2D eigenvalue weighted by molar-refractivity contribution is 7.89. The van der Waals surface area contributed by atoms with Gasteiger partial charge in [0.25, 0.3) is 5.91 Å². The zero-order valence-electron chi connectivity index (χ0n) is 15.5.